The molecule has 0 aliphatic rings. The van der Waals surface area contributed by atoms with E-state index in [0.717, 1.165) is 10.6 Å². The van der Waals surface area contributed by atoms with Crippen LogP contribution in [0.15, 0.2) is 40.4 Å². The standard InChI is InChI=1S/C11H11ClN4OS/c1-17-8-4-2-3-5-9(8)18-10-7(12)6-14-11(15-10)16-13/h2-6H,13H2,1H3,(H,14,15,16). The molecule has 0 amide bonds. The van der Waals surface area contributed by atoms with Crippen molar-refractivity contribution in [2.75, 3.05) is 12.5 Å². The van der Waals surface area contributed by atoms with Crippen LogP contribution in [0.25, 0.3) is 0 Å². The van der Waals surface area contributed by atoms with Gasteiger partial charge in [0.05, 0.1) is 23.2 Å². The molecule has 1 aromatic carbocycles. The fourth-order valence-corrected chi connectivity index (χ4v) is 2.40. The van der Waals surface area contributed by atoms with Gasteiger partial charge in [0, 0.05) is 0 Å². The second-order valence-corrected chi connectivity index (χ2v) is 4.68. The first kappa shape index (κ1) is 12.9. The number of nitrogens with two attached hydrogens (primary N) is 1. The molecule has 0 radical (unpaired) electrons. The third kappa shape index (κ3) is 2.84. The van der Waals surface area contributed by atoms with Crippen molar-refractivity contribution in [2.45, 2.75) is 9.92 Å². The second kappa shape index (κ2) is 5.90. The molecule has 0 unspecified atom stereocenters. The van der Waals surface area contributed by atoms with Crippen LogP contribution in [0.4, 0.5) is 5.95 Å². The molecule has 3 N–H and O–H groups in total. The number of benzene rings is 1. The van der Waals surface area contributed by atoms with E-state index in [2.05, 4.69) is 15.4 Å². The van der Waals surface area contributed by atoms with Gasteiger partial charge in [-0.05, 0) is 12.1 Å². The van der Waals surface area contributed by atoms with E-state index in [4.69, 9.17) is 22.2 Å². The van der Waals surface area contributed by atoms with Crippen LogP contribution in [-0.2, 0) is 0 Å². The summed E-state index contributed by atoms with van der Waals surface area (Å²) in [6.07, 6.45) is 1.50. The van der Waals surface area contributed by atoms with Crippen LogP contribution < -0.4 is 16.0 Å². The number of hydrazine groups is 1. The van der Waals surface area contributed by atoms with Gasteiger partial charge in [-0.3, -0.25) is 5.43 Å². The van der Waals surface area contributed by atoms with Crippen LogP contribution in [-0.4, -0.2) is 17.1 Å². The Morgan fingerprint density at radius 3 is 2.89 bits per heavy atom. The molecular weight excluding hydrogens is 272 g/mol. The number of aromatic nitrogens is 2. The lowest BCUT2D eigenvalue weighted by Gasteiger charge is -2.08. The highest BCUT2D eigenvalue weighted by atomic mass is 35.5. The summed E-state index contributed by atoms with van der Waals surface area (Å²) in [4.78, 5) is 9.03. The Kier molecular flexibility index (Phi) is 4.24. The Bertz CT molecular complexity index is 552. The lowest BCUT2D eigenvalue weighted by atomic mass is 10.3. The first-order chi connectivity index (χ1) is 8.74. The van der Waals surface area contributed by atoms with Gasteiger partial charge in [0.2, 0.25) is 5.95 Å². The molecule has 0 aliphatic heterocycles. The normalized spacial score (nSPS) is 10.2. The molecular formula is C11H11ClN4OS. The number of rotatable bonds is 4. The minimum atomic E-state index is 0.316. The van der Waals surface area contributed by atoms with Gasteiger partial charge in [0.1, 0.15) is 10.8 Å². The molecule has 0 atom stereocenters. The second-order valence-electron chi connectivity index (χ2n) is 3.24. The molecule has 0 fully saturated rings. The minimum absolute atomic E-state index is 0.316. The van der Waals surface area contributed by atoms with E-state index in [0.29, 0.717) is 16.0 Å². The largest absolute Gasteiger partial charge is 0.496 e. The monoisotopic (exact) mass is 282 g/mol. The number of anilines is 1. The molecule has 0 aliphatic carbocycles. The van der Waals surface area contributed by atoms with E-state index in [-0.39, 0.29) is 0 Å². The highest BCUT2D eigenvalue weighted by Crippen LogP contribution is 2.36. The number of methoxy groups -OCH3 is 1. The summed E-state index contributed by atoms with van der Waals surface area (Å²) in [5, 5.41) is 1.08. The van der Waals surface area contributed by atoms with E-state index in [9.17, 15) is 0 Å². The average Bonchev–Trinajstić information content (AvgIpc) is 2.42. The molecule has 18 heavy (non-hydrogen) atoms. The fraction of sp³-hybridized carbons (Fsp3) is 0.0909. The molecule has 7 heteroatoms. The van der Waals surface area contributed by atoms with Crippen molar-refractivity contribution >= 4 is 29.3 Å². The smallest absolute Gasteiger partial charge is 0.238 e. The number of nitrogen functional groups attached to an aromatic ring is 1. The summed E-state index contributed by atoms with van der Waals surface area (Å²) >= 11 is 7.43. The number of ether oxygens (including phenoxy) is 1. The molecule has 0 bridgehead atoms. The Morgan fingerprint density at radius 1 is 1.39 bits per heavy atom. The Balaban J connectivity index is 2.33. The summed E-state index contributed by atoms with van der Waals surface area (Å²) in [5.74, 6) is 6.35. The fourth-order valence-electron chi connectivity index (χ4n) is 1.30. The summed E-state index contributed by atoms with van der Waals surface area (Å²) < 4.78 is 5.27. The van der Waals surface area contributed by atoms with Gasteiger partial charge >= 0.3 is 0 Å². The lowest BCUT2D eigenvalue weighted by Crippen LogP contribution is -2.10. The SMILES string of the molecule is COc1ccccc1Sc1nc(NN)ncc1Cl. The first-order valence-electron chi connectivity index (χ1n) is 5.04. The maximum absolute atomic E-state index is 6.04. The highest BCUT2D eigenvalue weighted by molar-refractivity contribution is 7.99. The van der Waals surface area contributed by atoms with Crippen LogP contribution in [0, 0.1) is 0 Å². The van der Waals surface area contributed by atoms with Crippen molar-refractivity contribution in [3.05, 3.63) is 35.5 Å². The Morgan fingerprint density at radius 2 is 2.17 bits per heavy atom. The molecule has 0 saturated carbocycles. The van der Waals surface area contributed by atoms with Gasteiger partial charge in [0.15, 0.2) is 0 Å². The summed E-state index contributed by atoms with van der Waals surface area (Å²) in [6, 6.07) is 7.62. The predicted octanol–water partition coefficient (Wildman–Crippen LogP) is 2.58. The van der Waals surface area contributed by atoms with Gasteiger partial charge in [-0.1, -0.05) is 35.5 Å². The van der Waals surface area contributed by atoms with Gasteiger partial charge in [-0.25, -0.2) is 15.8 Å². The quantitative estimate of drug-likeness (QED) is 0.510. The molecule has 2 aromatic rings. The van der Waals surface area contributed by atoms with Crippen molar-refractivity contribution in [1.82, 2.24) is 9.97 Å². The number of nitrogens with one attached hydrogen (secondary N) is 1. The van der Waals surface area contributed by atoms with Crippen LogP contribution in [0.3, 0.4) is 0 Å². The average molecular weight is 283 g/mol. The van der Waals surface area contributed by atoms with Crippen molar-refractivity contribution in [3.8, 4) is 5.75 Å². The number of nitrogens with zero attached hydrogens (tertiary/aromatic N) is 2. The number of hydrogen-bond donors (Lipinski definition) is 2. The lowest BCUT2D eigenvalue weighted by molar-refractivity contribution is 0.405. The van der Waals surface area contributed by atoms with Crippen molar-refractivity contribution < 1.29 is 4.74 Å². The molecule has 94 valence electrons. The third-order valence-corrected chi connectivity index (χ3v) is 3.57. The van der Waals surface area contributed by atoms with Crippen LogP contribution in [0.5, 0.6) is 5.75 Å². The van der Waals surface area contributed by atoms with E-state index in [1.807, 2.05) is 24.3 Å². The highest BCUT2D eigenvalue weighted by Gasteiger charge is 2.10. The molecule has 2 rings (SSSR count). The van der Waals surface area contributed by atoms with Gasteiger partial charge in [-0.2, -0.15) is 0 Å². The number of halogens is 1. The zero-order chi connectivity index (χ0) is 13.0. The maximum Gasteiger partial charge on any atom is 0.238 e. The van der Waals surface area contributed by atoms with Crippen molar-refractivity contribution in [2.24, 2.45) is 5.84 Å². The Labute approximate surface area is 114 Å². The summed E-state index contributed by atoms with van der Waals surface area (Å²) in [6.45, 7) is 0. The first-order valence-corrected chi connectivity index (χ1v) is 6.24. The van der Waals surface area contributed by atoms with Crippen molar-refractivity contribution in [3.63, 3.8) is 0 Å². The third-order valence-electron chi connectivity index (χ3n) is 2.12. The maximum atomic E-state index is 6.04. The van der Waals surface area contributed by atoms with Gasteiger partial charge in [0.25, 0.3) is 0 Å². The van der Waals surface area contributed by atoms with E-state index in [1.54, 1.807) is 7.11 Å². The van der Waals surface area contributed by atoms with E-state index in [1.165, 1.54) is 18.0 Å². The predicted molar refractivity (Wildman–Crippen MR) is 72.0 cm³/mol. The molecule has 0 saturated heterocycles. The summed E-state index contributed by atoms with van der Waals surface area (Å²) in [5.41, 5.74) is 2.38. The molecule has 5 nitrogen and oxygen atoms in total. The topological polar surface area (TPSA) is 73.1 Å². The van der Waals surface area contributed by atoms with Gasteiger partial charge < -0.3 is 4.74 Å². The van der Waals surface area contributed by atoms with Gasteiger partial charge in [-0.15, -0.1) is 0 Å². The minimum Gasteiger partial charge on any atom is -0.496 e. The van der Waals surface area contributed by atoms with Crippen LogP contribution in [0.2, 0.25) is 5.02 Å². The molecule has 0 spiro atoms. The van der Waals surface area contributed by atoms with Crippen LogP contribution in [0.1, 0.15) is 0 Å². The zero-order valence-corrected chi connectivity index (χ0v) is 11.1. The summed E-state index contributed by atoms with van der Waals surface area (Å²) in [7, 11) is 1.62. The zero-order valence-electron chi connectivity index (χ0n) is 9.55. The molecule has 1 aromatic heterocycles. The van der Waals surface area contributed by atoms with E-state index >= 15 is 0 Å². The van der Waals surface area contributed by atoms with Crippen molar-refractivity contribution in [1.29, 1.82) is 0 Å². The molecule has 1 heterocycles. The van der Waals surface area contributed by atoms with E-state index < -0.39 is 0 Å². The van der Waals surface area contributed by atoms with Crippen LogP contribution >= 0.6 is 23.4 Å². The number of hydrogen-bond acceptors (Lipinski definition) is 6. The Hall–Kier alpha value is -1.50. The number of para-hydroxylation sites is 1.